The highest BCUT2D eigenvalue weighted by atomic mass is 16.6. The molecule has 0 bridgehead atoms. The lowest BCUT2D eigenvalue weighted by Gasteiger charge is -1.94. The van der Waals surface area contributed by atoms with Crippen LogP contribution in [-0.2, 0) is 0 Å². The monoisotopic (exact) mass is 130 g/mol. The summed E-state index contributed by atoms with van der Waals surface area (Å²) in [6, 6.07) is -0.600. The van der Waals surface area contributed by atoms with Gasteiger partial charge in [-0.25, -0.2) is 10.1 Å². The zero-order valence-electron chi connectivity index (χ0n) is 4.40. The lowest BCUT2D eigenvalue weighted by Crippen LogP contribution is -2.33. The maximum Gasteiger partial charge on any atom is 0.341 e. The van der Waals surface area contributed by atoms with Crippen LogP contribution in [0.4, 0.5) is 4.79 Å². The minimum atomic E-state index is -1.00. The molecular weight excluding hydrogens is 126 g/mol. The number of carbonyl (C=O) groups is 1. The van der Waals surface area contributed by atoms with Crippen molar-refractivity contribution < 1.29 is 9.72 Å². The lowest BCUT2D eigenvalue weighted by molar-refractivity contribution is -0.521. The first-order chi connectivity index (χ1) is 4.20. The van der Waals surface area contributed by atoms with Crippen molar-refractivity contribution in [3.8, 4) is 0 Å². The van der Waals surface area contributed by atoms with Crippen LogP contribution in [0.2, 0.25) is 0 Å². The highest BCUT2D eigenvalue weighted by Crippen LogP contribution is 1.91. The summed E-state index contributed by atoms with van der Waals surface area (Å²) in [5.74, 6) is 0. The number of urea groups is 1. The molecule has 1 saturated heterocycles. The van der Waals surface area contributed by atoms with Gasteiger partial charge in [0.2, 0.25) is 0 Å². The quantitative estimate of drug-likeness (QED) is 0.361. The Hall–Kier alpha value is -1.33. The number of hydrogen-bond donors (Lipinski definition) is 1. The molecule has 49 valence electrons. The fourth-order valence-corrected chi connectivity index (χ4v) is 0.523. The summed E-state index contributed by atoms with van der Waals surface area (Å²) in [4.78, 5) is 19.5. The molecule has 2 amide bonds. The maximum atomic E-state index is 10.2. The largest absolute Gasteiger partial charge is 0.341 e. The fraction of sp³-hybridized carbons (Fsp3) is 0.667. The van der Waals surface area contributed by atoms with Crippen molar-refractivity contribution in [2.45, 2.75) is 6.17 Å². The predicted octanol–water partition coefficient (Wildman–Crippen LogP) is -1.08. The van der Waals surface area contributed by atoms with Gasteiger partial charge < -0.3 is 0 Å². The van der Waals surface area contributed by atoms with Gasteiger partial charge in [0.1, 0.15) is 6.54 Å². The number of nitrogens with zero attached hydrogens (tertiary/aromatic N) is 2. The molecular formula is C3H4N3O3. The van der Waals surface area contributed by atoms with E-state index in [4.69, 9.17) is 0 Å². The molecule has 6 nitrogen and oxygen atoms in total. The van der Waals surface area contributed by atoms with Crippen LogP contribution in [0.5, 0.6) is 0 Å². The van der Waals surface area contributed by atoms with Crippen molar-refractivity contribution >= 4 is 6.03 Å². The fourth-order valence-electron chi connectivity index (χ4n) is 0.523. The molecule has 9 heavy (non-hydrogen) atoms. The summed E-state index contributed by atoms with van der Waals surface area (Å²) in [5.41, 5.74) is 0. The van der Waals surface area contributed by atoms with Crippen LogP contribution < -0.4 is 10.6 Å². The lowest BCUT2D eigenvalue weighted by atomic mass is 10.6. The highest BCUT2D eigenvalue weighted by molar-refractivity contribution is 5.75. The summed E-state index contributed by atoms with van der Waals surface area (Å²) in [7, 11) is 0. The van der Waals surface area contributed by atoms with E-state index in [0.29, 0.717) is 0 Å². The number of nitrogens with one attached hydrogen (secondary N) is 1. The molecule has 1 rings (SSSR count). The van der Waals surface area contributed by atoms with E-state index >= 15 is 0 Å². The molecule has 0 spiro atoms. The summed E-state index contributed by atoms with van der Waals surface area (Å²) in [6.07, 6.45) is -1.00. The summed E-state index contributed by atoms with van der Waals surface area (Å²) in [5, 5.41) is 15.2. The number of hydrogen-bond acceptors (Lipinski definition) is 3. The van der Waals surface area contributed by atoms with Crippen molar-refractivity contribution in [2.75, 3.05) is 6.54 Å². The second-order valence-electron chi connectivity index (χ2n) is 1.59. The summed E-state index contributed by atoms with van der Waals surface area (Å²) in [6.45, 7) is -0.0498. The van der Waals surface area contributed by atoms with Crippen molar-refractivity contribution in [3.05, 3.63) is 10.1 Å². The van der Waals surface area contributed by atoms with Gasteiger partial charge in [0.05, 0.1) is 0 Å². The van der Waals surface area contributed by atoms with Crippen molar-refractivity contribution in [3.63, 3.8) is 0 Å². The van der Waals surface area contributed by atoms with Crippen molar-refractivity contribution in [2.24, 2.45) is 0 Å². The molecule has 1 aliphatic heterocycles. The topological polar surface area (TPSA) is 86.3 Å². The van der Waals surface area contributed by atoms with Gasteiger partial charge in [-0.3, -0.25) is 15.4 Å². The van der Waals surface area contributed by atoms with E-state index in [1.54, 1.807) is 0 Å². The molecule has 1 heterocycles. The molecule has 0 aromatic rings. The van der Waals surface area contributed by atoms with Crippen LogP contribution in [0.1, 0.15) is 0 Å². The molecule has 1 aliphatic rings. The van der Waals surface area contributed by atoms with Crippen LogP contribution >= 0.6 is 0 Å². The molecule has 0 aromatic heterocycles. The average Bonchev–Trinajstić information content (AvgIpc) is 2.14. The normalized spacial score (nSPS) is 24.9. The third kappa shape index (κ3) is 1.07. The van der Waals surface area contributed by atoms with Crippen LogP contribution in [0, 0.1) is 10.1 Å². The molecule has 1 N–H and O–H groups in total. The van der Waals surface area contributed by atoms with E-state index in [0.717, 1.165) is 0 Å². The molecule has 0 saturated carbocycles. The van der Waals surface area contributed by atoms with Gasteiger partial charge in [0, 0.05) is 4.92 Å². The van der Waals surface area contributed by atoms with Crippen LogP contribution in [0.25, 0.3) is 0 Å². The van der Waals surface area contributed by atoms with Gasteiger partial charge in [-0.2, -0.15) is 0 Å². The Kier molecular flexibility index (Phi) is 1.21. The zero-order chi connectivity index (χ0) is 6.85. The van der Waals surface area contributed by atoms with Gasteiger partial charge in [0.15, 0.2) is 0 Å². The van der Waals surface area contributed by atoms with E-state index in [2.05, 4.69) is 5.32 Å². The second kappa shape index (κ2) is 1.88. The average molecular weight is 130 g/mol. The minimum Gasteiger partial charge on any atom is -0.272 e. The SMILES string of the molecule is O=C1[N]CC([N+](=O)[O-])N1. The zero-order valence-corrected chi connectivity index (χ0v) is 4.40. The number of rotatable bonds is 1. The Labute approximate surface area is 50.4 Å². The van der Waals surface area contributed by atoms with Gasteiger partial charge in [-0.15, -0.1) is 0 Å². The molecule has 0 aromatic carbocycles. The standard InChI is InChI=1S/C3H4N3O3/c7-3-4-1-2(5-3)6(8)9/h2H,1H2,(H,5,7). The first kappa shape index (κ1) is 5.80. The molecule has 1 fully saturated rings. The second-order valence-corrected chi connectivity index (χ2v) is 1.59. The minimum absolute atomic E-state index is 0.0498. The Balaban J connectivity index is 2.48. The van der Waals surface area contributed by atoms with Crippen LogP contribution in [-0.4, -0.2) is 23.7 Å². The van der Waals surface area contributed by atoms with E-state index in [-0.39, 0.29) is 6.54 Å². The third-order valence-corrected chi connectivity index (χ3v) is 0.952. The highest BCUT2D eigenvalue weighted by Gasteiger charge is 2.30. The third-order valence-electron chi connectivity index (χ3n) is 0.952. The first-order valence-electron chi connectivity index (χ1n) is 2.31. The van der Waals surface area contributed by atoms with Gasteiger partial charge >= 0.3 is 12.2 Å². The van der Waals surface area contributed by atoms with Crippen LogP contribution in [0.15, 0.2) is 0 Å². The first-order valence-corrected chi connectivity index (χ1v) is 2.31. The summed E-state index contributed by atoms with van der Waals surface area (Å²) < 4.78 is 0. The van der Waals surface area contributed by atoms with E-state index in [1.807, 2.05) is 5.32 Å². The van der Waals surface area contributed by atoms with Gasteiger partial charge in [-0.1, -0.05) is 0 Å². The van der Waals surface area contributed by atoms with E-state index < -0.39 is 17.1 Å². The maximum absolute atomic E-state index is 10.2. The van der Waals surface area contributed by atoms with Crippen molar-refractivity contribution in [1.29, 1.82) is 0 Å². The Bertz CT molecular complexity index is 156. The Morgan fingerprint density at radius 2 is 2.56 bits per heavy atom. The van der Waals surface area contributed by atoms with Gasteiger partial charge in [-0.05, 0) is 0 Å². The molecule has 1 radical (unpaired) electrons. The number of nitro groups is 1. The number of amides is 2. The number of carbonyl (C=O) groups excluding carboxylic acids is 1. The summed E-state index contributed by atoms with van der Waals surface area (Å²) >= 11 is 0. The predicted molar refractivity (Wildman–Crippen MR) is 26.3 cm³/mol. The Morgan fingerprint density at radius 1 is 1.89 bits per heavy atom. The van der Waals surface area contributed by atoms with E-state index in [1.165, 1.54) is 0 Å². The molecule has 0 aliphatic carbocycles. The van der Waals surface area contributed by atoms with Crippen molar-refractivity contribution in [1.82, 2.24) is 10.6 Å². The molecule has 6 heteroatoms. The molecule has 1 unspecified atom stereocenters. The molecule has 1 atom stereocenters. The van der Waals surface area contributed by atoms with Crippen LogP contribution in [0.3, 0.4) is 0 Å². The Morgan fingerprint density at radius 3 is 2.78 bits per heavy atom. The smallest absolute Gasteiger partial charge is 0.272 e. The van der Waals surface area contributed by atoms with E-state index in [9.17, 15) is 14.9 Å². The van der Waals surface area contributed by atoms with Gasteiger partial charge in [0.25, 0.3) is 0 Å².